The maximum absolute atomic E-state index is 11.9. The molecule has 1 amide bonds. The van der Waals surface area contributed by atoms with E-state index in [2.05, 4.69) is 59.4 Å². The Labute approximate surface area is 163 Å². The fourth-order valence-electron chi connectivity index (χ4n) is 2.54. The molecule has 0 fully saturated rings. The molecule has 4 nitrogen and oxygen atoms in total. The van der Waals surface area contributed by atoms with Crippen molar-refractivity contribution in [1.29, 1.82) is 0 Å². The maximum atomic E-state index is 11.9. The Balaban J connectivity index is 1.88. The van der Waals surface area contributed by atoms with Crippen molar-refractivity contribution >= 4 is 28.1 Å². The molecule has 0 radical (unpaired) electrons. The highest BCUT2D eigenvalue weighted by atomic mass is 79.9. The lowest BCUT2D eigenvalue weighted by Gasteiger charge is -2.18. The molecule has 0 aromatic heterocycles. The second kappa shape index (κ2) is 8.49. The van der Waals surface area contributed by atoms with Crippen molar-refractivity contribution in [2.24, 2.45) is 5.10 Å². The molecule has 1 N–H and O–H groups in total. The number of nitrogens with one attached hydrogen (secondary N) is 1. The monoisotopic (exact) mass is 416 g/mol. The summed E-state index contributed by atoms with van der Waals surface area (Å²) in [5.74, 6) is 0.430. The summed E-state index contributed by atoms with van der Waals surface area (Å²) in [7, 11) is 0. The second-order valence-corrected chi connectivity index (χ2v) is 8.24. The summed E-state index contributed by atoms with van der Waals surface area (Å²) in [4.78, 5) is 11.9. The summed E-state index contributed by atoms with van der Waals surface area (Å²) in [6.45, 7) is 10.3. The molecular weight excluding hydrogens is 392 g/mol. The van der Waals surface area contributed by atoms with E-state index in [-0.39, 0.29) is 17.9 Å². The minimum absolute atomic E-state index is 0.0797. The number of carbonyl (C=O) groups is 1. The number of hydrazone groups is 1. The number of amides is 1. The Kier molecular flexibility index (Phi) is 6.59. The Morgan fingerprint density at radius 1 is 1.15 bits per heavy atom. The van der Waals surface area contributed by atoms with Crippen molar-refractivity contribution in [3.05, 3.63) is 63.1 Å². The second-order valence-electron chi connectivity index (χ2n) is 7.32. The van der Waals surface area contributed by atoms with Gasteiger partial charge in [0.1, 0.15) is 5.75 Å². The highest BCUT2D eigenvalue weighted by Gasteiger charge is 2.12. The highest BCUT2D eigenvalue weighted by Crippen LogP contribution is 2.27. The summed E-state index contributed by atoms with van der Waals surface area (Å²) in [5, 5.41) is 3.99. The van der Waals surface area contributed by atoms with Crippen LogP contribution in [-0.2, 0) is 10.2 Å². The first-order valence-corrected chi connectivity index (χ1v) is 9.28. The van der Waals surface area contributed by atoms with E-state index in [4.69, 9.17) is 4.74 Å². The molecule has 0 aliphatic heterocycles. The zero-order valence-electron chi connectivity index (χ0n) is 15.9. The molecule has 0 saturated heterocycles. The van der Waals surface area contributed by atoms with Gasteiger partial charge in [0.15, 0.2) is 6.61 Å². The zero-order chi connectivity index (χ0) is 19.3. The quantitative estimate of drug-likeness (QED) is 0.556. The number of benzene rings is 2. The Bertz CT molecular complexity index is 783. The predicted octanol–water partition coefficient (Wildman–Crippen LogP) is 4.89. The fraction of sp³-hybridized carbons (Fsp3) is 0.333. The van der Waals surface area contributed by atoms with Crippen LogP contribution in [0.1, 0.15) is 43.0 Å². The van der Waals surface area contributed by atoms with Crippen molar-refractivity contribution < 1.29 is 9.53 Å². The molecule has 2 aromatic rings. The van der Waals surface area contributed by atoms with Crippen LogP contribution < -0.4 is 10.2 Å². The van der Waals surface area contributed by atoms with Gasteiger partial charge in [-0.2, -0.15) is 5.10 Å². The van der Waals surface area contributed by atoms with Gasteiger partial charge in [-0.1, -0.05) is 61.0 Å². The first-order chi connectivity index (χ1) is 12.2. The number of hydrogen-bond donors (Lipinski definition) is 1. The van der Waals surface area contributed by atoms with E-state index in [0.717, 1.165) is 26.9 Å². The minimum Gasteiger partial charge on any atom is -0.483 e. The minimum atomic E-state index is -0.297. The van der Waals surface area contributed by atoms with Gasteiger partial charge in [-0.3, -0.25) is 4.79 Å². The topological polar surface area (TPSA) is 50.7 Å². The number of nitrogens with zero attached hydrogens (tertiary/aromatic N) is 1. The van der Waals surface area contributed by atoms with Crippen LogP contribution >= 0.6 is 15.9 Å². The molecule has 0 unspecified atom stereocenters. The average molecular weight is 417 g/mol. The molecule has 0 aliphatic rings. The predicted molar refractivity (Wildman–Crippen MR) is 110 cm³/mol. The molecule has 0 saturated carbocycles. The van der Waals surface area contributed by atoms with Crippen LogP contribution in [0.5, 0.6) is 5.75 Å². The Hall–Kier alpha value is -2.14. The smallest absolute Gasteiger partial charge is 0.277 e. The number of aryl methyl sites for hydroxylation is 2. The van der Waals surface area contributed by atoms with E-state index >= 15 is 0 Å². The molecule has 138 valence electrons. The Morgan fingerprint density at radius 3 is 2.27 bits per heavy atom. The molecule has 0 spiro atoms. The van der Waals surface area contributed by atoms with Crippen molar-refractivity contribution in [3.8, 4) is 5.75 Å². The van der Waals surface area contributed by atoms with E-state index in [1.54, 1.807) is 6.21 Å². The van der Waals surface area contributed by atoms with Crippen LogP contribution in [0.25, 0.3) is 0 Å². The van der Waals surface area contributed by atoms with Gasteiger partial charge in [0.05, 0.1) is 6.21 Å². The van der Waals surface area contributed by atoms with Gasteiger partial charge in [0.2, 0.25) is 0 Å². The van der Waals surface area contributed by atoms with Gasteiger partial charge in [-0.05, 0) is 53.6 Å². The summed E-state index contributed by atoms with van der Waals surface area (Å²) in [6.07, 6.45) is 1.63. The number of hydrogen-bond acceptors (Lipinski definition) is 3. The molecule has 0 atom stereocenters. The van der Waals surface area contributed by atoms with Crippen LogP contribution in [0.2, 0.25) is 0 Å². The fourth-order valence-corrected chi connectivity index (χ4v) is 3.23. The van der Waals surface area contributed by atoms with E-state index < -0.39 is 0 Å². The SMILES string of the molecule is Cc1cc(Br)cc(C)c1OCC(=O)N/N=C/c1ccc(C(C)(C)C)cc1. The van der Waals surface area contributed by atoms with Crippen LogP contribution in [0, 0.1) is 13.8 Å². The molecule has 5 heteroatoms. The highest BCUT2D eigenvalue weighted by molar-refractivity contribution is 9.10. The van der Waals surface area contributed by atoms with E-state index in [1.807, 2.05) is 38.1 Å². The lowest BCUT2D eigenvalue weighted by atomic mass is 9.87. The zero-order valence-corrected chi connectivity index (χ0v) is 17.5. The largest absolute Gasteiger partial charge is 0.483 e. The summed E-state index contributed by atoms with van der Waals surface area (Å²) >= 11 is 3.44. The Morgan fingerprint density at radius 2 is 1.73 bits per heavy atom. The van der Waals surface area contributed by atoms with Crippen molar-refractivity contribution in [2.45, 2.75) is 40.0 Å². The standard InChI is InChI=1S/C21H25BrN2O2/c1-14-10-18(22)11-15(2)20(14)26-13-19(25)24-23-12-16-6-8-17(9-7-16)21(3,4)5/h6-12H,13H2,1-5H3,(H,24,25)/b23-12+. The summed E-state index contributed by atoms with van der Waals surface area (Å²) in [6, 6.07) is 12.0. The first kappa shape index (κ1) is 20.2. The molecule has 2 aromatic carbocycles. The van der Waals surface area contributed by atoms with E-state index in [9.17, 15) is 4.79 Å². The van der Waals surface area contributed by atoms with Gasteiger partial charge in [0, 0.05) is 4.47 Å². The number of rotatable bonds is 5. The van der Waals surface area contributed by atoms with E-state index in [0.29, 0.717) is 0 Å². The maximum Gasteiger partial charge on any atom is 0.277 e. The van der Waals surface area contributed by atoms with Crippen LogP contribution in [0.3, 0.4) is 0 Å². The van der Waals surface area contributed by atoms with Gasteiger partial charge >= 0.3 is 0 Å². The van der Waals surface area contributed by atoms with Crippen LogP contribution in [0.4, 0.5) is 0 Å². The molecule has 0 bridgehead atoms. The summed E-state index contributed by atoms with van der Waals surface area (Å²) < 4.78 is 6.63. The summed E-state index contributed by atoms with van der Waals surface area (Å²) in [5.41, 5.74) is 6.75. The van der Waals surface area contributed by atoms with Crippen molar-refractivity contribution in [3.63, 3.8) is 0 Å². The van der Waals surface area contributed by atoms with Crippen LogP contribution in [-0.4, -0.2) is 18.7 Å². The van der Waals surface area contributed by atoms with E-state index in [1.165, 1.54) is 5.56 Å². The van der Waals surface area contributed by atoms with Gasteiger partial charge in [-0.25, -0.2) is 5.43 Å². The molecule has 2 rings (SSSR count). The van der Waals surface area contributed by atoms with Crippen molar-refractivity contribution in [2.75, 3.05) is 6.61 Å². The van der Waals surface area contributed by atoms with Crippen molar-refractivity contribution in [1.82, 2.24) is 5.43 Å². The number of carbonyl (C=O) groups excluding carboxylic acids is 1. The lowest BCUT2D eigenvalue weighted by molar-refractivity contribution is -0.123. The average Bonchev–Trinajstić information content (AvgIpc) is 2.53. The van der Waals surface area contributed by atoms with Gasteiger partial charge in [0.25, 0.3) is 5.91 Å². The molecular formula is C21H25BrN2O2. The third kappa shape index (κ3) is 5.70. The number of ether oxygens (including phenoxy) is 1. The molecule has 26 heavy (non-hydrogen) atoms. The number of halogens is 1. The molecule has 0 heterocycles. The third-order valence-electron chi connectivity index (χ3n) is 3.95. The molecule has 0 aliphatic carbocycles. The third-order valence-corrected chi connectivity index (χ3v) is 4.41. The van der Waals surface area contributed by atoms with Gasteiger partial charge < -0.3 is 4.74 Å². The normalized spacial score (nSPS) is 11.6. The lowest BCUT2D eigenvalue weighted by Crippen LogP contribution is -2.25. The van der Waals surface area contributed by atoms with Crippen LogP contribution in [0.15, 0.2) is 46.0 Å². The first-order valence-electron chi connectivity index (χ1n) is 8.49. The van der Waals surface area contributed by atoms with Gasteiger partial charge in [-0.15, -0.1) is 0 Å².